The quantitative estimate of drug-likeness (QED) is 0.855. The van der Waals surface area contributed by atoms with Gasteiger partial charge in [0.15, 0.2) is 0 Å². The monoisotopic (exact) mass is 314 g/mol. The van der Waals surface area contributed by atoms with E-state index in [0.29, 0.717) is 11.7 Å². The Hall–Kier alpha value is -2.07. The van der Waals surface area contributed by atoms with Gasteiger partial charge < -0.3 is 9.64 Å². The first-order valence-corrected chi connectivity index (χ1v) is 8.06. The summed E-state index contributed by atoms with van der Waals surface area (Å²) in [5.74, 6) is 0.751. The molecule has 3 rings (SSSR count). The zero-order chi connectivity index (χ0) is 16.2. The second-order valence-electron chi connectivity index (χ2n) is 5.93. The molecule has 0 radical (unpaired) electrons. The van der Waals surface area contributed by atoms with Crippen molar-refractivity contribution < 1.29 is 9.13 Å². The number of hydrogen-bond acceptors (Lipinski definition) is 3. The Balaban J connectivity index is 1.65. The van der Waals surface area contributed by atoms with Crippen molar-refractivity contribution in [1.82, 2.24) is 4.90 Å². The van der Waals surface area contributed by atoms with Crippen LogP contribution in [0.1, 0.15) is 18.5 Å². The summed E-state index contributed by atoms with van der Waals surface area (Å²) in [6.45, 7) is 5.75. The summed E-state index contributed by atoms with van der Waals surface area (Å²) in [5.41, 5.74) is 1.96. The molecule has 1 atom stereocenters. The highest BCUT2D eigenvalue weighted by atomic mass is 19.1. The molecular formula is C19H23FN2O. The van der Waals surface area contributed by atoms with E-state index >= 15 is 0 Å². The van der Waals surface area contributed by atoms with E-state index in [1.165, 1.54) is 11.6 Å². The number of piperazine rings is 1. The van der Waals surface area contributed by atoms with E-state index in [1.54, 1.807) is 13.2 Å². The van der Waals surface area contributed by atoms with E-state index in [9.17, 15) is 4.39 Å². The van der Waals surface area contributed by atoms with Gasteiger partial charge in [-0.1, -0.05) is 24.3 Å². The third kappa shape index (κ3) is 3.48. The van der Waals surface area contributed by atoms with Crippen LogP contribution in [-0.4, -0.2) is 38.2 Å². The third-order valence-corrected chi connectivity index (χ3v) is 4.63. The molecule has 1 heterocycles. The van der Waals surface area contributed by atoms with Crippen molar-refractivity contribution in [2.45, 2.75) is 13.0 Å². The molecule has 2 aromatic carbocycles. The fourth-order valence-corrected chi connectivity index (χ4v) is 3.17. The standard InChI is InChI=1S/C19H23FN2O/c1-15(16-6-5-7-17(14-16)23-2)21-10-12-22(13-11-21)19-9-4-3-8-18(19)20/h3-9,14-15H,10-13H2,1-2H3. The van der Waals surface area contributed by atoms with E-state index in [-0.39, 0.29) is 5.82 Å². The van der Waals surface area contributed by atoms with Gasteiger partial charge in [-0.15, -0.1) is 0 Å². The lowest BCUT2D eigenvalue weighted by atomic mass is 10.1. The predicted octanol–water partition coefficient (Wildman–Crippen LogP) is 3.72. The number of nitrogens with zero attached hydrogens (tertiary/aromatic N) is 2. The predicted molar refractivity (Wildman–Crippen MR) is 91.6 cm³/mol. The Kier molecular flexibility index (Phi) is 4.82. The van der Waals surface area contributed by atoms with E-state index in [4.69, 9.17) is 4.74 Å². The Morgan fingerprint density at radius 1 is 1.00 bits per heavy atom. The summed E-state index contributed by atoms with van der Waals surface area (Å²) >= 11 is 0. The third-order valence-electron chi connectivity index (χ3n) is 4.63. The number of hydrogen-bond donors (Lipinski definition) is 0. The van der Waals surface area contributed by atoms with Gasteiger partial charge in [0.2, 0.25) is 0 Å². The fraction of sp³-hybridized carbons (Fsp3) is 0.368. The molecule has 0 amide bonds. The molecule has 0 bridgehead atoms. The molecule has 122 valence electrons. The maximum atomic E-state index is 13.9. The lowest BCUT2D eigenvalue weighted by Crippen LogP contribution is -2.47. The van der Waals surface area contributed by atoms with Crippen LogP contribution in [-0.2, 0) is 0 Å². The van der Waals surface area contributed by atoms with Gasteiger partial charge >= 0.3 is 0 Å². The maximum absolute atomic E-state index is 13.9. The molecule has 1 fully saturated rings. The maximum Gasteiger partial charge on any atom is 0.146 e. The molecular weight excluding hydrogens is 291 g/mol. The average Bonchev–Trinajstić information content (AvgIpc) is 2.62. The highest BCUT2D eigenvalue weighted by molar-refractivity contribution is 5.48. The van der Waals surface area contributed by atoms with Crippen molar-refractivity contribution in [1.29, 1.82) is 0 Å². The molecule has 3 nitrogen and oxygen atoms in total. The lowest BCUT2D eigenvalue weighted by molar-refractivity contribution is 0.198. The minimum Gasteiger partial charge on any atom is -0.497 e. The van der Waals surface area contributed by atoms with E-state index in [1.807, 2.05) is 24.3 Å². The van der Waals surface area contributed by atoms with Crippen LogP contribution in [0.3, 0.4) is 0 Å². The second-order valence-corrected chi connectivity index (χ2v) is 5.93. The van der Waals surface area contributed by atoms with Crippen LogP contribution in [0.2, 0.25) is 0 Å². The van der Waals surface area contributed by atoms with Gasteiger partial charge in [-0.05, 0) is 36.8 Å². The zero-order valence-electron chi connectivity index (χ0n) is 13.7. The van der Waals surface area contributed by atoms with E-state index < -0.39 is 0 Å². The zero-order valence-corrected chi connectivity index (χ0v) is 13.7. The molecule has 1 saturated heterocycles. The summed E-state index contributed by atoms with van der Waals surface area (Å²) in [6, 6.07) is 15.6. The Morgan fingerprint density at radius 3 is 2.43 bits per heavy atom. The van der Waals surface area contributed by atoms with Crippen LogP contribution in [0.15, 0.2) is 48.5 Å². The molecule has 1 unspecified atom stereocenters. The Labute approximate surface area is 137 Å². The second kappa shape index (κ2) is 7.01. The molecule has 0 N–H and O–H groups in total. The number of ether oxygens (including phenoxy) is 1. The largest absolute Gasteiger partial charge is 0.497 e. The summed E-state index contributed by atoms with van der Waals surface area (Å²) in [5, 5.41) is 0. The van der Waals surface area contributed by atoms with Gasteiger partial charge in [0.25, 0.3) is 0 Å². The molecule has 0 aromatic heterocycles. The molecule has 0 aliphatic carbocycles. The highest BCUT2D eigenvalue weighted by Crippen LogP contribution is 2.27. The van der Waals surface area contributed by atoms with E-state index in [2.05, 4.69) is 28.9 Å². The van der Waals surface area contributed by atoms with Crippen LogP contribution in [0.25, 0.3) is 0 Å². The molecule has 0 spiro atoms. The number of anilines is 1. The molecule has 4 heteroatoms. The van der Waals surface area contributed by atoms with Gasteiger partial charge in [-0.3, -0.25) is 4.90 Å². The molecule has 1 aliphatic heterocycles. The lowest BCUT2D eigenvalue weighted by Gasteiger charge is -2.39. The number of halogens is 1. The minimum absolute atomic E-state index is 0.137. The van der Waals surface area contributed by atoms with Crippen LogP contribution in [0, 0.1) is 5.82 Å². The van der Waals surface area contributed by atoms with Crippen molar-refractivity contribution in [2.75, 3.05) is 38.2 Å². The summed E-state index contributed by atoms with van der Waals surface area (Å²) < 4.78 is 19.2. The molecule has 2 aromatic rings. The first-order valence-electron chi connectivity index (χ1n) is 8.06. The van der Waals surface area contributed by atoms with Crippen LogP contribution in [0.5, 0.6) is 5.75 Å². The Morgan fingerprint density at radius 2 is 1.74 bits per heavy atom. The number of rotatable bonds is 4. The number of para-hydroxylation sites is 1. The average molecular weight is 314 g/mol. The van der Waals surface area contributed by atoms with Crippen LogP contribution in [0.4, 0.5) is 10.1 Å². The summed E-state index contributed by atoms with van der Waals surface area (Å²) in [6.07, 6.45) is 0. The van der Waals surface area contributed by atoms with Crippen molar-refractivity contribution in [3.63, 3.8) is 0 Å². The first-order chi connectivity index (χ1) is 11.2. The van der Waals surface area contributed by atoms with Crippen LogP contribution >= 0.6 is 0 Å². The van der Waals surface area contributed by atoms with E-state index in [0.717, 1.165) is 31.9 Å². The van der Waals surface area contributed by atoms with Crippen molar-refractivity contribution >= 4 is 5.69 Å². The van der Waals surface area contributed by atoms with Gasteiger partial charge in [-0.25, -0.2) is 4.39 Å². The SMILES string of the molecule is COc1cccc(C(C)N2CCN(c3ccccc3F)CC2)c1. The van der Waals surface area contributed by atoms with Crippen LogP contribution < -0.4 is 9.64 Å². The van der Waals surface area contributed by atoms with Gasteiger partial charge in [-0.2, -0.15) is 0 Å². The number of methoxy groups -OCH3 is 1. The molecule has 0 saturated carbocycles. The smallest absolute Gasteiger partial charge is 0.146 e. The van der Waals surface area contributed by atoms with Gasteiger partial charge in [0, 0.05) is 32.2 Å². The fourth-order valence-electron chi connectivity index (χ4n) is 3.17. The first kappa shape index (κ1) is 15.8. The highest BCUT2D eigenvalue weighted by Gasteiger charge is 2.23. The summed E-state index contributed by atoms with van der Waals surface area (Å²) in [7, 11) is 1.69. The van der Waals surface area contributed by atoms with Gasteiger partial charge in [0.1, 0.15) is 11.6 Å². The van der Waals surface area contributed by atoms with Crippen molar-refractivity contribution in [2.24, 2.45) is 0 Å². The molecule has 23 heavy (non-hydrogen) atoms. The molecule has 1 aliphatic rings. The van der Waals surface area contributed by atoms with Crippen molar-refractivity contribution in [3.8, 4) is 5.75 Å². The van der Waals surface area contributed by atoms with Crippen molar-refractivity contribution in [3.05, 3.63) is 59.9 Å². The van der Waals surface area contributed by atoms with Gasteiger partial charge in [0.05, 0.1) is 12.8 Å². The topological polar surface area (TPSA) is 15.7 Å². The summed E-state index contributed by atoms with van der Waals surface area (Å²) in [4.78, 5) is 4.57. The number of benzene rings is 2. The minimum atomic E-state index is -0.137. The Bertz CT molecular complexity index is 653. The normalized spacial score (nSPS) is 17.1.